The Bertz CT molecular complexity index is 1080. The first-order chi connectivity index (χ1) is 15.0. The molecule has 1 aromatic heterocycles. The number of amides is 3. The third kappa shape index (κ3) is 6.95. The van der Waals surface area contributed by atoms with Crippen molar-refractivity contribution in [3.63, 3.8) is 0 Å². The molecule has 174 valence electrons. The van der Waals surface area contributed by atoms with Crippen LogP contribution in [0.3, 0.4) is 0 Å². The van der Waals surface area contributed by atoms with Crippen molar-refractivity contribution in [2.45, 2.75) is 12.1 Å². The van der Waals surface area contributed by atoms with Crippen LogP contribution < -0.4 is 40.2 Å². The van der Waals surface area contributed by atoms with Gasteiger partial charge in [-0.05, 0) is 0 Å². The number of hydrogen-bond acceptors (Lipinski definition) is 12. The largest absolute Gasteiger partial charge is 1.00 e. The molecular weight excluding hydrogens is 517 g/mol. The Kier molecular flexibility index (Phi) is 10.9. The van der Waals surface area contributed by atoms with E-state index in [0.717, 1.165) is 18.4 Å². The van der Waals surface area contributed by atoms with Gasteiger partial charge in [-0.25, -0.2) is 22.5 Å². The summed E-state index contributed by atoms with van der Waals surface area (Å²) < 4.78 is 37.9. The number of carbonyl (C=O) groups excluding carboxylic acids is 4. The predicted molar refractivity (Wildman–Crippen MR) is 108 cm³/mol. The number of alkyl halides is 1. The van der Waals surface area contributed by atoms with E-state index in [1.165, 1.54) is 11.5 Å². The van der Waals surface area contributed by atoms with E-state index in [4.69, 9.17) is 16.4 Å². The van der Waals surface area contributed by atoms with E-state index in [2.05, 4.69) is 32.1 Å². The Morgan fingerprint density at radius 1 is 1.45 bits per heavy atom. The van der Waals surface area contributed by atoms with Crippen molar-refractivity contribution in [3.8, 4) is 0 Å². The van der Waals surface area contributed by atoms with Crippen LogP contribution in [0.15, 0.2) is 23.2 Å². The first-order valence-corrected chi connectivity index (χ1v) is 11.1. The third-order valence-electron chi connectivity index (χ3n) is 3.70. The summed E-state index contributed by atoms with van der Waals surface area (Å²) >= 11 is 6.33. The molecule has 2 N–H and O–H groups in total. The minimum Gasteiger partial charge on any atom is -0.731 e. The minimum atomic E-state index is -5.34. The van der Waals surface area contributed by atoms with Crippen molar-refractivity contribution in [2.75, 3.05) is 24.9 Å². The van der Waals surface area contributed by atoms with Gasteiger partial charge in [0.05, 0.1) is 7.11 Å². The number of oxime groups is 1. The number of esters is 1. The fraction of sp³-hybridized carbons (Fsp3) is 0.333. The van der Waals surface area contributed by atoms with Gasteiger partial charge in [-0.15, -0.1) is 22.9 Å². The zero-order valence-electron chi connectivity index (χ0n) is 17.1. The fourth-order valence-electron chi connectivity index (χ4n) is 2.37. The van der Waals surface area contributed by atoms with E-state index in [1.807, 2.05) is 0 Å². The Balaban J connectivity index is 0.00000544. The van der Waals surface area contributed by atoms with Crippen molar-refractivity contribution in [2.24, 2.45) is 5.16 Å². The summed E-state index contributed by atoms with van der Waals surface area (Å²) in [5.41, 5.74) is -0.564. The molecule has 0 aliphatic carbocycles. The van der Waals surface area contributed by atoms with Crippen molar-refractivity contribution < 1.29 is 71.3 Å². The molecule has 0 saturated carbocycles. The number of methoxy groups -OCH3 is 1. The molecule has 2 atom stereocenters. The molecule has 33 heavy (non-hydrogen) atoms. The Hall–Kier alpha value is -2.08. The van der Waals surface area contributed by atoms with E-state index in [0.29, 0.717) is 0 Å². The van der Waals surface area contributed by atoms with E-state index >= 15 is 0 Å². The van der Waals surface area contributed by atoms with Crippen LogP contribution in [-0.2, 0) is 39.1 Å². The molecular formula is C15H15ClN5NaO9S2. The maximum Gasteiger partial charge on any atom is 1.00 e. The topological polar surface area (TPSA) is 196 Å². The second-order valence-corrected chi connectivity index (χ2v) is 8.13. The number of carbonyl (C=O) groups is 4. The molecule has 0 radical (unpaired) electrons. The Morgan fingerprint density at radius 3 is 2.67 bits per heavy atom. The molecule has 0 aromatic carbocycles. The number of nitrogens with one attached hydrogen (secondary N) is 2. The summed E-state index contributed by atoms with van der Waals surface area (Å²) in [6, 6.07) is -3.62. The number of nitrogens with zero attached hydrogens (tertiary/aromatic N) is 3. The number of aromatic nitrogens is 1. The molecule has 0 bridgehead atoms. The number of anilines is 1. The van der Waals surface area contributed by atoms with E-state index < -0.39 is 51.8 Å². The Morgan fingerprint density at radius 2 is 2.12 bits per heavy atom. The summed E-state index contributed by atoms with van der Waals surface area (Å²) in [7, 11) is -4.43. The number of thiazole rings is 1. The normalized spacial score (nSPS) is 17.8. The molecule has 1 aromatic rings. The number of halogens is 1. The quantitative estimate of drug-likeness (QED) is 0.0342. The van der Waals surface area contributed by atoms with Crippen LogP contribution in [0.5, 0.6) is 0 Å². The maximum atomic E-state index is 12.7. The number of ether oxygens (including phenoxy) is 1. The van der Waals surface area contributed by atoms with Gasteiger partial charge in [-0.1, -0.05) is 17.8 Å². The molecule has 0 spiro atoms. The van der Waals surface area contributed by atoms with Gasteiger partial charge in [0.15, 0.2) is 27.2 Å². The van der Waals surface area contributed by atoms with Crippen LogP contribution in [0, 0.1) is 0 Å². The third-order valence-corrected chi connectivity index (χ3v) is 5.59. The maximum absolute atomic E-state index is 12.7. The number of hydrogen-bond donors (Lipinski definition) is 2. The van der Waals surface area contributed by atoms with Gasteiger partial charge in [0, 0.05) is 5.38 Å². The van der Waals surface area contributed by atoms with Crippen LogP contribution in [-0.4, -0.2) is 83.3 Å². The standard InChI is InChI=1S/C15H16ClN5O9S2.Na/c1-3-4-30-20-9(7-6-31-15(17-7)18-8(22)5-16)12(23)19-10-11(14(25)29-2)21(13(10)24)32(26,27)28;/h3,6,10-11H,1,4-5H2,2H3,(H,19,23)(H,17,18,22)(H,26,27,28);/q;+1/p-1/b20-9+;/t10-,11-;/m1./s1. The zero-order chi connectivity index (χ0) is 24.1. The molecule has 1 aliphatic heterocycles. The zero-order valence-corrected chi connectivity index (χ0v) is 21.5. The average Bonchev–Trinajstić information content (AvgIpc) is 3.19. The van der Waals surface area contributed by atoms with Gasteiger partial charge in [-0.2, -0.15) is 0 Å². The smallest absolute Gasteiger partial charge is 0.731 e. The van der Waals surface area contributed by atoms with Crippen LogP contribution >= 0.6 is 22.9 Å². The van der Waals surface area contributed by atoms with Gasteiger partial charge in [0.1, 0.15) is 24.2 Å². The van der Waals surface area contributed by atoms with Gasteiger partial charge in [0.25, 0.3) is 11.8 Å². The predicted octanol–water partition coefficient (Wildman–Crippen LogP) is -4.44. The monoisotopic (exact) mass is 531 g/mol. The summed E-state index contributed by atoms with van der Waals surface area (Å²) in [4.78, 5) is 57.0. The van der Waals surface area contributed by atoms with Crippen LogP contribution in [0.25, 0.3) is 0 Å². The molecule has 3 amide bonds. The van der Waals surface area contributed by atoms with E-state index in [9.17, 15) is 32.1 Å². The molecule has 2 rings (SSSR count). The van der Waals surface area contributed by atoms with Crippen molar-refractivity contribution >= 4 is 67.8 Å². The number of β-lactam (4-membered cyclic amide) rings is 1. The van der Waals surface area contributed by atoms with Crippen LogP contribution in [0.2, 0.25) is 0 Å². The fourth-order valence-corrected chi connectivity index (χ4v) is 3.96. The second kappa shape index (κ2) is 12.4. The van der Waals surface area contributed by atoms with Crippen molar-refractivity contribution in [1.82, 2.24) is 14.6 Å². The molecule has 1 aliphatic rings. The van der Waals surface area contributed by atoms with Gasteiger partial charge in [0.2, 0.25) is 5.91 Å². The van der Waals surface area contributed by atoms with Crippen LogP contribution in [0.1, 0.15) is 5.69 Å². The summed E-state index contributed by atoms with van der Waals surface area (Å²) in [5.74, 6) is -4.57. The van der Waals surface area contributed by atoms with Crippen molar-refractivity contribution in [3.05, 3.63) is 23.7 Å². The summed E-state index contributed by atoms with van der Waals surface area (Å²) in [5, 5.41) is 9.48. The Labute approximate surface area is 218 Å². The van der Waals surface area contributed by atoms with Crippen molar-refractivity contribution in [1.29, 1.82) is 0 Å². The molecule has 14 nitrogen and oxygen atoms in total. The summed E-state index contributed by atoms with van der Waals surface area (Å²) in [6.07, 6.45) is 1.33. The molecule has 0 unspecified atom stereocenters. The number of rotatable bonds is 10. The second-order valence-electron chi connectivity index (χ2n) is 5.75. The van der Waals surface area contributed by atoms with Gasteiger partial charge in [-0.3, -0.25) is 14.4 Å². The first-order valence-electron chi connectivity index (χ1n) is 8.35. The molecule has 2 heterocycles. The molecule has 18 heteroatoms. The molecule has 1 saturated heterocycles. The minimum absolute atomic E-state index is 0. The molecule has 1 fully saturated rings. The first kappa shape index (κ1) is 29.0. The summed E-state index contributed by atoms with van der Waals surface area (Å²) in [6.45, 7) is 3.31. The van der Waals surface area contributed by atoms with E-state index in [-0.39, 0.29) is 57.2 Å². The SMILES string of the molecule is C=CCO/N=C(/C(=O)N[C@H]1C(=O)N(S(=O)(=O)[O-])[C@H]1C(=O)OC)c1csc(NC(=O)CCl)n1.[Na+]. The van der Waals surface area contributed by atoms with Gasteiger partial charge >= 0.3 is 35.5 Å². The van der Waals surface area contributed by atoms with Crippen LogP contribution in [0.4, 0.5) is 5.13 Å². The average molecular weight is 532 g/mol. The van der Waals surface area contributed by atoms with E-state index in [1.54, 1.807) is 0 Å². The van der Waals surface area contributed by atoms with Gasteiger partial charge < -0.3 is 24.8 Å².